The zero-order valence-electron chi connectivity index (χ0n) is 15.1. The summed E-state index contributed by atoms with van der Waals surface area (Å²) in [4.78, 5) is 13.9. The van der Waals surface area contributed by atoms with Crippen molar-refractivity contribution in [3.05, 3.63) is 71.6 Å². The molecule has 2 aromatic carbocycles. The highest BCUT2D eigenvalue weighted by Gasteiger charge is 2.15. The number of para-hydroxylation sites is 1. The fourth-order valence-corrected chi connectivity index (χ4v) is 4.21. The van der Waals surface area contributed by atoms with E-state index in [4.69, 9.17) is 9.47 Å². The van der Waals surface area contributed by atoms with E-state index in [9.17, 15) is 4.79 Å². The van der Waals surface area contributed by atoms with Gasteiger partial charge in [0.1, 0.15) is 6.54 Å². The number of carbonyl (C=O) groups is 1. The summed E-state index contributed by atoms with van der Waals surface area (Å²) in [6.07, 6.45) is 0. The summed E-state index contributed by atoms with van der Waals surface area (Å²) in [5.74, 6) is 1.44. The molecule has 5 rings (SSSR count). The third-order valence-electron chi connectivity index (χ3n) is 4.81. The standard InChI is InChI=1S/C22H18N2O3S/c25-22(23-12-15-7-8-19-20(10-15)27-14-26-19)13-24-17-5-2-1-4-16(17)11-18(24)21-6-3-9-28-21/h1-11H,12-14H2,(H,23,25). The second kappa shape index (κ2) is 7.05. The third-order valence-corrected chi connectivity index (χ3v) is 5.70. The Balaban J connectivity index is 1.36. The quantitative estimate of drug-likeness (QED) is 0.549. The molecule has 0 saturated heterocycles. The summed E-state index contributed by atoms with van der Waals surface area (Å²) in [5, 5.41) is 6.20. The number of hydrogen-bond donors (Lipinski definition) is 1. The van der Waals surface area contributed by atoms with Gasteiger partial charge in [0, 0.05) is 17.4 Å². The molecule has 1 amide bonds. The average molecular weight is 390 g/mol. The minimum Gasteiger partial charge on any atom is -0.454 e. The van der Waals surface area contributed by atoms with E-state index in [1.54, 1.807) is 11.3 Å². The number of nitrogens with one attached hydrogen (secondary N) is 1. The highest BCUT2D eigenvalue weighted by molar-refractivity contribution is 7.13. The fraction of sp³-hybridized carbons (Fsp3) is 0.136. The fourth-order valence-electron chi connectivity index (χ4n) is 3.46. The summed E-state index contributed by atoms with van der Waals surface area (Å²) in [7, 11) is 0. The number of aromatic nitrogens is 1. The number of fused-ring (bicyclic) bond motifs is 2. The summed E-state index contributed by atoms with van der Waals surface area (Å²) in [6.45, 7) is 0.964. The maximum atomic E-state index is 12.7. The van der Waals surface area contributed by atoms with Gasteiger partial charge in [0.2, 0.25) is 12.7 Å². The second-order valence-corrected chi connectivity index (χ2v) is 7.56. The number of amides is 1. The van der Waals surface area contributed by atoms with Gasteiger partial charge in [-0.15, -0.1) is 11.3 Å². The molecule has 2 aromatic heterocycles. The maximum Gasteiger partial charge on any atom is 0.240 e. The topological polar surface area (TPSA) is 52.5 Å². The van der Waals surface area contributed by atoms with Crippen molar-refractivity contribution in [2.45, 2.75) is 13.1 Å². The van der Waals surface area contributed by atoms with Gasteiger partial charge in [-0.2, -0.15) is 0 Å². The Kier molecular flexibility index (Phi) is 4.25. The first-order valence-corrected chi connectivity index (χ1v) is 9.93. The highest BCUT2D eigenvalue weighted by Crippen LogP contribution is 2.33. The van der Waals surface area contributed by atoms with E-state index < -0.39 is 0 Å². The predicted octanol–water partition coefficient (Wildman–Crippen LogP) is 4.41. The van der Waals surface area contributed by atoms with Gasteiger partial charge in [0.05, 0.1) is 10.6 Å². The summed E-state index contributed by atoms with van der Waals surface area (Å²) < 4.78 is 12.8. The van der Waals surface area contributed by atoms with Crippen molar-refractivity contribution in [2.24, 2.45) is 0 Å². The van der Waals surface area contributed by atoms with Gasteiger partial charge in [0.15, 0.2) is 11.5 Å². The molecule has 28 heavy (non-hydrogen) atoms. The van der Waals surface area contributed by atoms with Crippen molar-refractivity contribution in [3.63, 3.8) is 0 Å². The van der Waals surface area contributed by atoms with Crippen molar-refractivity contribution in [1.82, 2.24) is 9.88 Å². The van der Waals surface area contributed by atoms with Crippen LogP contribution >= 0.6 is 11.3 Å². The van der Waals surface area contributed by atoms with Crippen LogP contribution in [0.3, 0.4) is 0 Å². The monoisotopic (exact) mass is 390 g/mol. The van der Waals surface area contributed by atoms with Crippen LogP contribution in [0.1, 0.15) is 5.56 Å². The molecular formula is C22H18N2O3S. The molecule has 0 spiro atoms. The molecule has 1 N–H and O–H groups in total. The number of ether oxygens (including phenoxy) is 2. The molecule has 0 radical (unpaired) electrons. The number of carbonyl (C=O) groups excluding carboxylic acids is 1. The van der Waals surface area contributed by atoms with Crippen LogP contribution in [-0.2, 0) is 17.9 Å². The Labute approximate surface area is 166 Å². The third kappa shape index (κ3) is 3.12. The summed E-state index contributed by atoms with van der Waals surface area (Å²) in [5.41, 5.74) is 3.10. The molecular weight excluding hydrogens is 372 g/mol. The smallest absolute Gasteiger partial charge is 0.240 e. The second-order valence-electron chi connectivity index (χ2n) is 6.62. The van der Waals surface area contributed by atoms with E-state index in [2.05, 4.69) is 39.5 Å². The van der Waals surface area contributed by atoms with Crippen LogP contribution in [0.5, 0.6) is 11.5 Å². The first-order chi connectivity index (χ1) is 13.8. The van der Waals surface area contributed by atoms with Crippen LogP contribution in [0.15, 0.2) is 66.0 Å². The lowest BCUT2D eigenvalue weighted by Gasteiger charge is -2.11. The van der Waals surface area contributed by atoms with Crippen molar-refractivity contribution in [1.29, 1.82) is 0 Å². The van der Waals surface area contributed by atoms with E-state index in [0.717, 1.165) is 38.5 Å². The van der Waals surface area contributed by atoms with Gasteiger partial charge in [-0.1, -0.05) is 30.3 Å². The average Bonchev–Trinajstić information content (AvgIpc) is 3.46. The largest absolute Gasteiger partial charge is 0.454 e. The molecule has 4 aromatic rings. The van der Waals surface area contributed by atoms with Crippen molar-refractivity contribution in [3.8, 4) is 22.1 Å². The SMILES string of the molecule is O=C(Cn1c(-c2cccs2)cc2ccccc21)NCc1ccc2c(c1)OCO2. The molecule has 3 heterocycles. The molecule has 1 aliphatic heterocycles. The molecule has 0 unspecified atom stereocenters. The summed E-state index contributed by atoms with van der Waals surface area (Å²) >= 11 is 1.68. The van der Waals surface area contributed by atoms with E-state index in [1.165, 1.54) is 0 Å². The van der Waals surface area contributed by atoms with Gasteiger partial charge in [0.25, 0.3) is 0 Å². The van der Waals surface area contributed by atoms with E-state index in [1.807, 2.05) is 36.4 Å². The van der Waals surface area contributed by atoms with Crippen LogP contribution in [-0.4, -0.2) is 17.3 Å². The number of rotatable bonds is 5. The van der Waals surface area contributed by atoms with Crippen LogP contribution in [0.25, 0.3) is 21.5 Å². The van der Waals surface area contributed by atoms with Crippen molar-refractivity contribution in [2.75, 3.05) is 6.79 Å². The molecule has 0 aliphatic carbocycles. The maximum absolute atomic E-state index is 12.7. The van der Waals surface area contributed by atoms with E-state index >= 15 is 0 Å². The Bertz CT molecular complexity index is 1150. The van der Waals surface area contributed by atoms with Gasteiger partial charge in [-0.25, -0.2) is 0 Å². The van der Waals surface area contributed by atoms with Gasteiger partial charge >= 0.3 is 0 Å². The molecule has 0 saturated carbocycles. The Hall–Kier alpha value is -3.25. The molecule has 5 nitrogen and oxygen atoms in total. The predicted molar refractivity (Wildman–Crippen MR) is 110 cm³/mol. The normalized spacial score (nSPS) is 12.4. The highest BCUT2D eigenvalue weighted by atomic mass is 32.1. The Morgan fingerprint density at radius 2 is 1.93 bits per heavy atom. The first kappa shape index (κ1) is 16.9. The van der Waals surface area contributed by atoms with Gasteiger partial charge < -0.3 is 19.4 Å². The van der Waals surface area contributed by atoms with Gasteiger partial charge in [-0.05, 0) is 41.3 Å². The molecule has 140 valence electrons. The van der Waals surface area contributed by atoms with Gasteiger partial charge in [-0.3, -0.25) is 4.79 Å². The number of hydrogen-bond acceptors (Lipinski definition) is 4. The van der Waals surface area contributed by atoms with Crippen LogP contribution < -0.4 is 14.8 Å². The number of thiophene rings is 1. The van der Waals surface area contributed by atoms with Crippen molar-refractivity contribution >= 4 is 28.1 Å². The lowest BCUT2D eigenvalue weighted by Crippen LogP contribution is -2.27. The summed E-state index contributed by atoms with van der Waals surface area (Å²) in [6, 6.07) is 20.1. The molecule has 0 bridgehead atoms. The molecule has 1 aliphatic rings. The van der Waals surface area contributed by atoms with Crippen molar-refractivity contribution < 1.29 is 14.3 Å². The first-order valence-electron chi connectivity index (χ1n) is 9.05. The zero-order valence-corrected chi connectivity index (χ0v) is 15.9. The van der Waals surface area contributed by atoms with E-state index in [-0.39, 0.29) is 19.2 Å². The number of benzene rings is 2. The van der Waals surface area contributed by atoms with E-state index in [0.29, 0.717) is 6.54 Å². The Morgan fingerprint density at radius 1 is 1.04 bits per heavy atom. The molecule has 0 atom stereocenters. The molecule has 6 heteroatoms. The minimum absolute atomic E-state index is 0.0307. The lowest BCUT2D eigenvalue weighted by atomic mass is 10.2. The number of nitrogens with zero attached hydrogens (tertiary/aromatic N) is 1. The molecule has 0 fully saturated rings. The minimum atomic E-state index is -0.0307. The van der Waals surface area contributed by atoms with Crippen LogP contribution in [0, 0.1) is 0 Å². The van der Waals surface area contributed by atoms with Crippen LogP contribution in [0.4, 0.5) is 0 Å². The van der Waals surface area contributed by atoms with Crippen LogP contribution in [0.2, 0.25) is 0 Å². The lowest BCUT2D eigenvalue weighted by molar-refractivity contribution is -0.121. The Morgan fingerprint density at radius 3 is 2.82 bits per heavy atom. The zero-order chi connectivity index (χ0) is 18.9.